The Morgan fingerprint density at radius 2 is 2.36 bits per heavy atom. The van der Waals surface area contributed by atoms with E-state index in [1.54, 1.807) is 5.57 Å². The summed E-state index contributed by atoms with van der Waals surface area (Å²) in [6.07, 6.45) is 8.87. The Morgan fingerprint density at radius 3 is 2.91 bits per heavy atom. The van der Waals surface area contributed by atoms with Gasteiger partial charge in [0.15, 0.2) is 0 Å². The highest BCUT2D eigenvalue weighted by atomic mass is 14.2. The quantitative estimate of drug-likeness (QED) is 0.526. The molecule has 0 fully saturated rings. The predicted octanol–water partition coefficient (Wildman–Crippen LogP) is 3.48. The van der Waals surface area contributed by atoms with Gasteiger partial charge >= 0.3 is 0 Å². The molecule has 1 aliphatic carbocycles. The fraction of sp³-hybridized carbons (Fsp3) is 0.455. The maximum Gasteiger partial charge on any atom is 0.00117 e. The highest BCUT2D eigenvalue weighted by Crippen LogP contribution is 2.26. The molecule has 0 heteroatoms. The summed E-state index contributed by atoms with van der Waals surface area (Å²) in [5.74, 6) is 0.593. The molecule has 0 amide bonds. The molecular formula is C11H16. The highest BCUT2D eigenvalue weighted by Gasteiger charge is 2.11. The Morgan fingerprint density at radius 1 is 1.64 bits per heavy atom. The SMILES string of the molecule is C=CC1CC(CC)=CC=C1C. The number of hydrogen-bond acceptors (Lipinski definition) is 0. The van der Waals surface area contributed by atoms with E-state index in [1.807, 2.05) is 0 Å². The highest BCUT2D eigenvalue weighted by molar-refractivity contribution is 5.27. The normalized spacial score (nSPS) is 24.0. The number of allylic oxidation sites excluding steroid dienone is 5. The Labute approximate surface area is 69.3 Å². The second-order valence-corrected chi connectivity index (χ2v) is 3.14. The molecule has 0 heterocycles. The third-order valence-electron chi connectivity index (χ3n) is 2.39. The maximum absolute atomic E-state index is 3.84. The second-order valence-electron chi connectivity index (χ2n) is 3.14. The first-order valence-electron chi connectivity index (χ1n) is 4.26. The van der Waals surface area contributed by atoms with E-state index in [9.17, 15) is 0 Å². The van der Waals surface area contributed by atoms with Crippen molar-refractivity contribution in [2.24, 2.45) is 5.92 Å². The van der Waals surface area contributed by atoms with Gasteiger partial charge in [-0.3, -0.25) is 0 Å². The van der Waals surface area contributed by atoms with E-state index in [-0.39, 0.29) is 0 Å². The largest absolute Gasteiger partial charge is 0.102 e. The average Bonchev–Trinajstić information content (AvgIpc) is 2.05. The van der Waals surface area contributed by atoms with E-state index in [2.05, 4.69) is 38.7 Å². The Kier molecular flexibility index (Phi) is 2.70. The van der Waals surface area contributed by atoms with Gasteiger partial charge in [0.25, 0.3) is 0 Å². The van der Waals surface area contributed by atoms with E-state index in [1.165, 1.54) is 18.4 Å². The summed E-state index contributed by atoms with van der Waals surface area (Å²) in [5, 5.41) is 0. The van der Waals surface area contributed by atoms with Crippen LogP contribution in [0.4, 0.5) is 0 Å². The molecule has 0 nitrogen and oxygen atoms in total. The van der Waals surface area contributed by atoms with Gasteiger partial charge in [-0.15, -0.1) is 6.58 Å². The van der Waals surface area contributed by atoms with Crippen molar-refractivity contribution in [1.82, 2.24) is 0 Å². The van der Waals surface area contributed by atoms with Gasteiger partial charge in [-0.2, -0.15) is 0 Å². The molecule has 0 aromatic rings. The van der Waals surface area contributed by atoms with Crippen LogP contribution in [0.5, 0.6) is 0 Å². The summed E-state index contributed by atoms with van der Waals surface area (Å²) in [6, 6.07) is 0. The summed E-state index contributed by atoms with van der Waals surface area (Å²) >= 11 is 0. The van der Waals surface area contributed by atoms with Crippen LogP contribution in [0.25, 0.3) is 0 Å². The fourth-order valence-corrected chi connectivity index (χ4v) is 1.42. The van der Waals surface area contributed by atoms with Gasteiger partial charge < -0.3 is 0 Å². The minimum Gasteiger partial charge on any atom is -0.102 e. The van der Waals surface area contributed by atoms with Gasteiger partial charge in [-0.1, -0.05) is 36.3 Å². The van der Waals surface area contributed by atoms with Crippen LogP contribution in [0, 0.1) is 5.92 Å². The monoisotopic (exact) mass is 148 g/mol. The lowest BCUT2D eigenvalue weighted by Crippen LogP contribution is -2.03. The van der Waals surface area contributed by atoms with Crippen LogP contribution < -0.4 is 0 Å². The van der Waals surface area contributed by atoms with Crippen LogP contribution in [0.1, 0.15) is 26.7 Å². The minimum absolute atomic E-state index is 0.593. The molecule has 60 valence electrons. The standard InChI is InChI=1S/C11H16/c1-4-10-7-6-9(3)11(5-2)8-10/h5-7,11H,2,4,8H2,1,3H3. The van der Waals surface area contributed by atoms with Gasteiger partial charge in [0.1, 0.15) is 0 Å². The van der Waals surface area contributed by atoms with Crippen LogP contribution in [0.2, 0.25) is 0 Å². The second kappa shape index (κ2) is 3.56. The molecule has 0 aromatic carbocycles. The van der Waals surface area contributed by atoms with E-state index in [0.717, 1.165) is 0 Å². The van der Waals surface area contributed by atoms with Gasteiger partial charge in [0.2, 0.25) is 0 Å². The molecule has 0 aliphatic heterocycles. The maximum atomic E-state index is 3.84. The summed E-state index contributed by atoms with van der Waals surface area (Å²) in [7, 11) is 0. The van der Waals surface area contributed by atoms with Gasteiger partial charge in [-0.05, 0) is 19.8 Å². The zero-order valence-electron chi connectivity index (χ0n) is 7.43. The van der Waals surface area contributed by atoms with Gasteiger partial charge in [-0.25, -0.2) is 0 Å². The Balaban J connectivity index is 2.74. The molecule has 0 radical (unpaired) electrons. The lowest BCUT2D eigenvalue weighted by atomic mass is 9.87. The van der Waals surface area contributed by atoms with Crippen LogP contribution >= 0.6 is 0 Å². The van der Waals surface area contributed by atoms with Crippen molar-refractivity contribution in [3.05, 3.63) is 36.0 Å². The van der Waals surface area contributed by atoms with E-state index in [0.29, 0.717) is 5.92 Å². The first-order chi connectivity index (χ1) is 5.27. The van der Waals surface area contributed by atoms with Crippen LogP contribution in [0.3, 0.4) is 0 Å². The minimum atomic E-state index is 0.593. The predicted molar refractivity (Wildman–Crippen MR) is 50.4 cm³/mol. The van der Waals surface area contributed by atoms with Crippen molar-refractivity contribution >= 4 is 0 Å². The first kappa shape index (κ1) is 8.32. The molecule has 1 unspecified atom stereocenters. The molecule has 0 spiro atoms. The molecule has 1 aliphatic rings. The molecular weight excluding hydrogens is 132 g/mol. The molecule has 1 rings (SSSR count). The molecule has 0 bridgehead atoms. The van der Waals surface area contributed by atoms with E-state index in [4.69, 9.17) is 0 Å². The smallest absolute Gasteiger partial charge is 0.00117 e. The molecule has 0 N–H and O–H groups in total. The van der Waals surface area contributed by atoms with Crippen LogP contribution in [-0.2, 0) is 0 Å². The lowest BCUT2D eigenvalue weighted by molar-refractivity contribution is 0.714. The van der Waals surface area contributed by atoms with Crippen LogP contribution in [-0.4, -0.2) is 0 Å². The van der Waals surface area contributed by atoms with Crippen molar-refractivity contribution in [2.45, 2.75) is 26.7 Å². The summed E-state index contributed by atoms with van der Waals surface area (Å²) in [6.45, 7) is 8.22. The average molecular weight is 148 g/mol. The van der Waals surface area contributed by atoms with Crippen molar-refractivity contribution in [2.75, 3.05) is 0 Å². The number of rotatable bonds is 2. The van der Waals surface area contributed by atoms with E-state index >= 15 is 0 Å². The molecule has 1 atom stereocenters. The molecule has 11 heavy (non-hydrogen) atoms. The Hall–Kier alpha value is -0.780. The zero-order valence-corrected chi connectivity index (χ0v) is 7.43. The molecule has 0 saturated carbocycles. The van der Waals surface area contributed by atoms with Crippen molar-refractivity contribution in [3.63, 3.8) is 0 Å². The fourth-order valence-electron chi connectivity index (χ4n) is 1.42. The van der Waals surface area contributed by atoms with Crippen LogP contribution in [0.15, 0.2) is 36.0 Å². The molecule has 0 aromatic heterocycles. The third-order valence-corrected chi connectivity index (χ3v) is 2.39. The lowest BCUT2D eigenvalue weighted by Gasteiger charge is -2.18. The van der Waals surface area contributed by atoms with Crippen molar-refractivity contribution < 1.29 is 0 Å². The summed E-state index contributed by atoms with van der Waals surface area (Å²) in [5.41, 5.74) is 2.98. The molecule has 0 saturated heterocycles. The third kappa shape index (κ3) is 1.83. The zero-order chi connectivity index (χ0) is 8.27. The summed E-state index contributed by atoms with van der Waals surface area (Å²) in [4.78, 5) is 0. The number of hydrogen-bond donors (Lipinski definition) is 0. The summed E-state index contributed by atoms with van der Waals surface area (Å²) < 4.78 is 0. The van der Waals surface area contributed by atoms with Gasteiger partial charge in [0, 0.05) is 5.92 Å². The first-order valence-corrected chi connectivity index (χ1v) is 4.26. The van der Waals surface area contributed by atoms with Gasteiger partial charge in [0.05, 0.1) is 0 Å². The van der Waals surface area contributed by atoms with E-state index < -0.39 is 0 Å². The topological polar surface area (TPSA) is 0 Å². The van der Waals surface area contributed by atoms with Crippen molar-refractivity contribution in [3.8, 4) is 0 Å². The van der Waals surface area contributed by atoms with Crippen molar-refractivity contribution in [1.29, 1.82) is 0 Å². The Bertz CT molecular complexity index is 206.